The molecule has 2 aromatic carbocycles. The molecule has 0 aliphatic carbocycles. The number of rotatable bonds is 6. The van der Waals surface area contributed by atoms with Gasteiger partial charge in [0.2, 0.25) is 0 Å². The van der Waals surface area contributed by atoms with E-state index in [-0.39, 0.29) is 12.6 Å². The number of aliphatic hydroxyl groups is 1. The average Bonchev–Trinajstić information content (AvgIpc) is 2.49. The maximum Gasteiger partial charge on any atom is 0.0485 e. The second-order valence-electron chi connectivity index (χ2n) is 5.13. The minimum Gasteiger partial charge on any atom is -0.396 e. The Balaban J connectivity index is 2.00. The van der Waals surface area contributed by atoms with Gasteiger partial charge in [0.15, 0.2) is 0 Å². The number of anilines is 1. The number of aliphatic hydroxyl groups excluding tert-OH is 1. The predicted molar refractivity (Wildman–Crippen MR) is 85.1 cm³/mol. The molecule has 106 valence electrons. The number of nitrogens with one attached hydrogen (secondary N) is 1. The van der Waals surface area contributed by atoms with E-state index in [9.17, 15) is 0 Å². The van der Waals surface area contributed by atoms with E-state index < -0.39 is 0 Å². The third kappa shape index (κ3) is 3.84. The van der Waals surface area contributed by atoms with Gasteiger partial charge >= 0.3 is 0 Å². The van der Waals surface area contributed by atoms with Gasteiger partial charge in [-0.2, -0.15) is 0 Å². The summed E-state index contributed by atoms with van der Waals surface area (Å²) in [6.45, 7) is 4.54. The topological polar surface area (TPSA) is 32.3 Å². The molecular formula is C18H23NO. The van der Waals surface area contributed by atoms with Crippen LogP contribution in [0.4, 0.5) is 5.69 Å². The van der Waals surface area contributed by atoms with Gasteiger partial charge in [0.1, 0.15) is 0 Å². The third-order valence-corrected chi connectivity index (χ3v) is 3.63. The highest BCUT2D eigenvalue weighted by Crippen LogP contribution is 2.20. The average molecular weight is 269 g/mol. The van der Waals surface area contributed by atoms with E-state index in [1.54, 1.807) is 0 Å². The van der Waals surface area contributed by atoms with Crippen molar-refractivity contribution >= 4 is 5.69 Å². The highest BCUT2D eigenvalue weighted by Gasteiger charge is 2.05. The fraction of sp³-hybridized carbons (Fsp3) is 0.333. The van der Waals surface area contributed by atoms with Gasteiger partial charge in [-0.25, -0.2) is 0 Å². The quantitative estimate of drug-likeness (QED) is 0.832. The van der Waals surface area contributed by atoms with Crippen molar-refractivity contribution in [2.75, 3.05) is 11.9 Å². The van der Waals surface area contributed by atoms with E-state index in [1.165, 1.54) is 11.1 Å². The molecule has 0 bridgehead atoms. The van der Waals surface area contributed by atoms with Gasteiger partial charge in [-0.05, 0) is 48.6 Å². The van der Waals surface area contributed by atoms with E-state index in [2.05, 4.69) is 67.7 Å². The Labute approximate surface area is 121 Å². The Kier molecular flexibility index (Phi) is 5.19. The van der Waals surface area contributed by atoms with Crippen LogP contribution in [0.1, 0.15) is 36.6 Å². The summed E-state index contributed by atoms with van der Waals surface area (Å²) in [6, 6.07) is 17.3. The van der Waals surface area contributed by atoms with Crippen LogP contribution in [-0.4, -0.2) is 11.7 Å². The normalized spacial score (nSPS) is 12.2. The smallest absolute Gasteiger partial charge is 0.0485 e. The summed E-state index contributed by atoms with van der Waals surface area (Å²) in [5.41, 5.74) is 4.94. The van der Waals surface area contributed by atoms with E-state index in [0.717, 1.165) is 17.7 Å². The highest BCUT2D eigenvalue weighted by atomic mass is 16.2. The lowest BCUT2D eigenvalue weighted by Crippen LogP contribution is -2.06. The van der Waals surface area contributed by atoms with E-state index in [4.69, 9.17) is 5.11 Å². The molecule has 1 unspecified atom stereocenters. The van der Waals surface area contributed by atoms with Crippen molar-refractivity contribution in [3.8, 4) is 0 Å². The lowest BCUT2D eigenvalue weighted by molar-refractivity contribution is 0.299. The second-order valence-corrected chi connectivity index (χ2v) is 5.13. The van der Waals surface area contributed by atoms with Crippen molar-refractivity contribution in [1.29, 1.82) is 0 Å². The number of hydrogen-bond acceptors (Lipinski definition) is 2. The zero-order valence-electron chi connectivity index (χ0n) is 12.3. The monoisotopic (exact) mass is 269 g/mol. The molecule has 2 aromatic rings. The van der Waals surface area contributed by atoms with E-state index >= 15 is 0 Å². The molecule has 0 heterocycles. The summed E-state index contributed by atoms with van der Waals surface area (Å²) < 4.78 is 0. The highest BCUT2D eigenvalue weighted by molar-refractivity contribution is 5.46. The van der Waals surface area contributed by atoms with E-state index in [1.807, 2.05) is 0 Å². The standard InChI is InChI=1S/C18H23NO/c1-3-15-4-8-17(9-5-15)14(2)19-18-10-6-16(7-11-18)12-13-20/h4-11,14,19-20H,3,12-13H2,1-2H3. The maximum atomic E-state index is 8.91. The first-order valence-electron chi connectivity index (χ1n) is 7.28. The maximum absolute atomic E-state index is 8.91. The van der Waals surface area contributed by atoms with Crippen LogP contribution in [0.2, 0.25) is 0 Å². The molecule has 0 saturated heterocycles. The molecule has 0 aromatic heterocycles. The van der Waals surface area contributed by atoms with Crippen LogP contribution in [0.25, 0.3) is 0 Å². The van der Waals surface area contributed by atoms with E-state index in [0.29, 0.717) is 6.42 Å². The van der Waals surface area contributed by atoms with Crippen molar-refractivity contribution < 1.29 is 5.11 Å². The molecule has 0 radical (unpaired) electrons. The summed E-state index contributed by atoms with van der Waals surface area (Å²) in [5.74, 6) is 0. The Bertz CT molecular complexity index is 516. The summed E-state index contributed by atoms with van der Waals surface area (Å²) >= 11 is 0. The molecule has 20 heavy (non-hydrogen) atoms. The van der Waals surface area contributed by atoms with Crippen LogP contribution in [0, 0.1) is 0 Å². The van der Waals surface area contributed by atoms with Crippen LogP contribution in [0.3, 0.4) is 0 Å². The fourth-order valence-electron chi connectivity index (χ4n) is 2.27. The molecule has 0 aliphatic rings. The molecule has 2 N–H and O–H groups in total. The Morgan fingerprint density at radius 1 is 0.950 bits per heavy atom. The SMILES string of the molecule is CCc1ccc(C(C)Nc2ccc(CCO)cc2)cc1. The molecule has 0 fully saturated rings. The number of hydrogen-bond donors (Lipinski definition) is 2. The van der Waals surface area contributed by atoms with Gasteiger partial charge in [-0.3, -0.25) is 0 Å². The molecule has 2 nitrogen and oxygen atoms in total. The first-order chi connectivity index (χ1) is 9.72. The van der Waals surface area contributed by atoms with Gasteiger partial charge in [-0.15, -0.1) is 0 Å². The van der Waals surface area contributed by atoms with Crippen LogP contribution in [0.5, 0.6) is 0 Å². The van der Waals surface area contributed by atoms with Crippen molar-refractivity contribution in [2.45, 2.75) is 32.7 Å². The Morgan fingerprint density at radius 2 is 1.55 bits per heavy atom. The Morgan fingerprint density at radius 3 is 2.10 bits per heavy atom. The minimum atomic E-state index is 0.201. The van der Waals surface area contributed by atoms with Crippen molar-refractivity contribution in [2.24, 2.45) is 0 Å². The molecule has 0 saturated carbocycles. The summed E-state index contributed by atoms with van der Waals surface area (Å²) in [6.07, 6.45) is 1.79. The van der Waals surface area contributed by atoms with Gasteiger partial charge in [-0.1, -0.05) is 43.3 Å². The molecule has 0 aliphatic heterocycles. The van der Waals surface area contributed by atoms with Gasteiger partial charge < -0.3 is 10.4 Å². The molecule has 0 amide bonds. The lowest BCUT2D eigenvalue weighted by atomic mass is 10.0. The zero-order valence-corrected chi connectivity index (χ0v) is 12.3. The zero-order chi connectivity index (χ0) is 14.4. The Hall–Kier alpha value is -1.80. The van der Waals surface area contributed by atoms with Crippen LogP contribution in [0.15, 0.2) is 48.5 Å². The van der Waals surface area contributed by atoms with Gasteiger partial charge in [0.25, 0.3) is 0 Å². The van der Waals surface area contributed by atoms with Crippen LogP contribution in [-0.2, 0) is 12.8 Å². The number of benzene rings is 2. The second kappa shape index (κ2) is 7.11. The number of aryl methyl sites for hydroxylation is 1. The lowest BCUT2D eigenvalue weighted by Gasteiger charge is -2.16. The summed E-state index contributed by atoms with van der Waals surface area (Å²) in [4.78, 5) is 0. The van der Waals surface area contributed by atoms with Crippen molar-refractivity contribution in [3.05, 3.63) is 65.2 Å². The third-order valence-electron chi connectivity index (χ3n) is 3.63. The van der Waals surface area contributed by atoms with Crippen LogP contribution >= 0.6 is 0 Å². The van der Waals surface area contributed by atoms with Crippen molar-refractivity contribution in [1.82, 2.24) is 0 Å². The molecular weight excluding hydrogens is 246 g/mol. The van der Waals surface area contributed by atoms with Gasteiger partial charge in [0, 0.05) is 18.3 Å². The first kappa shape index (κ1) is 14.6. The largest absolute Gasteiger partial charge is 0.396 e. The molecule has 0 spiro atoms. The van der Waals surface area contributed by atoms with Crippen molar-refractivity contribution in [3.63, 3.8) is 0 Å². The van der Waals surface area contributed by atoms with Crippen LogP contribution < -0.4 is 5.32 Å². The predicted octanol–water partition coefficient (Wildman–Crippen LogP) is 3.96. The fourth-order valence-corrected chi connectivity index (χ4v) is 2.27. The first-order valence-corrected chi connectivity index (χ1v) is 7.28. The van der Waals surface area contributed by atoms with Gasteiger partial charge in [0.05, 0.1) is 0 Å². The summed E-state index contributed by atoms with van der Waals surface area (Å²) in [7, 11) is 0. The summed E-state index contributed by atoms with van der Waals surface area (Å²) in [5, 5.41) is 12.4. The molecule has 2 rings (SSSR count). The minimum absolute atomic E-state index is 0.201. The molecule has 1 atom stereocenters. The molecule has 2 heteroatoms.